The number of halogens is 1. The van der Waals surface area contributed by atoms with Gasteiger partial charge in [0.15, 0.2) is 9.84 Å². The van der Waals surface area contributed by atoms with Crippen LogP contribution in [0.2, 0.25) is 0 Å². The van der Waals surface area contributed by atoms with Crippen LogP contribution in [0.5, 0.6) is 11.6 Å². The molecular weight excluding hydrogens is 398 g/mol. The molecule has 0 aliphatic carbocycles. The van der Waals surface area contributed by atoms with Gasteiger partial charge in [0.2, 0.25) is 5.88 Å². The normalized spacial score (nSPS) is 11.2. The third-order valence-corrected chi connectivity index (χ3v) is 5.76. The second kappa shape index (κ2) is 6.90. The van der Waals surface area contributed by atoms with Crippen molar-refractivity contribution >= 4 is 31.7 Å². The monoisotopic (exact) mass is 413 g/mol. The van der Waals surface area contributed by atoms with E-state index in [-0.39, 0.29) is 10.8 Å². The highest BCUT2D eigenvalue weighted by molar-refractivity contribution is 9.10. The minimum atomic E-state index is -3.36. The van der Waals surface area contributed by atoms with E-state index in [1.807, 2.05) is 0 Å². The molecule has 0 radical (unpaired) electrons. The van der Waals surface area contributed by atoms with Gasteiger partial charge in [-0.05, 0) is 47.5 Å². The number of hydrogen-bond donors (Lipinski definition) is 0. The Morgan fingerprint density at radius 3 is 2.42 bits per heavy atom. The smallest absolute Gasteiger partial charge is 0.339 e. The molecule has 24 heavy (non-hydrogen) atoms. The van der Waals surface area contributed by atoms with E-state index >= 15 is 0 Å². The van der Waals surface area contributed by atoms with Crippen LogP contribution in [0.25, 0.3) is 0 Å². The molecule has 0 bridgehead atoms. The molecule has 0 aliphatic heterocycles. The average molecular weight is 414 g/mol. The van der Waals surface area contributed by atoms with Crippen molar-refractivity contribution in [2.45, 2.75) is 18.7 Å². The first-order valence-electron chi connectivity index (χ1n) is 6.87. The molecule has 0 amide bonds. The zero-order valence-electron chi connectivity index (χ0n) is 13.6. The van der Waals surface area contributed by atoms with Crippen LogP contribution in [0.15, 0.2) is 33.8 Å². The fraction of sp³-hybridized carbons (Fsp3) is 0.250. The van der Waals surface area contributed by atoms with Gasteiger partial charge in [-0.2, -0.15) is 0 Å². The van der Waals surface area contributed by atoms with E-state index in [1.54, 1.807) is 32.0 Å². The van der Waals surface area contributed by atoms with E-state index in [2.05, 4.69) is 25.7 Å². The Balaban J connectivity index is 2.40. The number of benzene rings is 1. The molecule has 0 saturated heterocycles. The lowest BCUT2D eigenvalue weighted by molar-refractivity contribution is 0.0600. The van der Waals surface area contributed by atoms with E-state index in [9.17, 15) is 13.2 Å². The summed E-state index contributed by atoms with van der Waals surface area (Å²) in [7, 11) is -2.06. The molecule has 128 valence electrons. The third-order valence-electron chi connectivity index (χ3n) is 3.36. The number of aryl methyl sites for hydroxylation is 1. The van der Waals surface area contributed by atoms with Gasteiger partial charge in [0.1, 0.15) is 5.75 Å². The fourth-order valence-electron chi connectivity index (χ4n) is 2.12. The molecule has 6 nitrogen and oxygen atoms in total. The molecule has 1 heterocycles. The lowest BCUT2D eigenvalue weighted by Gasteiger charge is -2.15. The number of nitrogens with zero attached hydrogens (tertiary/aromatic N) is 1. The van der Waals surface area contributed by atoms with E-state index in [0.717, 1.165) is 6.26 Å². The number of esters is 1. The lowest BCUT2D eigenvalue weighted by atomic mass is 10.1. The molecule has 1 aromatic carbocycles. The molecule has 0 unspecified atom stereocenters. The van der Waals surface area contributed by atoms with Crippen LogP contribution in [-0.4, -0.2) is 32.7 Å². The van der Waals surface area contributed by atoms with E-state index in [4.69, 9.17) is 4.74 Å². The summed E-state index contributed by atoms with van der Waals surface area (Å²) >= 11 is 3.31. The predicted octanol–water partition coefficient (Wildman–Crippen LogP) is 3.44. The largest absolute Gasteiger partial charge is 0.465 e. The molecule has 1 aromatic heterocycles. The summed E-state index contributed by atoms with van der Waals surface area (Å²) in [6.45, 7) is 3.51. The fourth-order valence-corrected chi connectivity index (χ4v) is 4.16. The second-order valence-electron chi connectivity index (χ2n) is 5.21. The van der Waals surface area contributed by atoms with E-state index in [1.165, 1.54) is 13.3 Å². The minimum Gasteiger partial charge on any atom is -0.465 e. The Kier molecular flexibility index (Phi) is 5.29. The maximum absolute atomic E-state index is 11.8. The topological polar surface area (TPSA) is 82.6 Å². The zero-order chi connectivity index (χ0) is 18.1. The third kappa shape index (κ3) is 3.76. The Morgan fingerprint density at radius 2 is 1.92 bits per heavy atom. The van der Waals surface area contributed by atoms with Crippen molar-refractivity contribution in [2.24, 2.45) is 0 Å². The molecular formula is C16H16BrNO5S. The number of aromatic nitrogens is 1. The van der Waals surface area contributed by atoms with Crippen LogP contribution in [0.3, 0.4) is 0 Å². The highest BCUT2D eigenvalue weighted by atomic mass is 79.9. The lowest BCUT2D eigenvalue weighted by Crippen LogP contribution is -2.04. The van der Waals surface area contributed by atoms with Crippen LogP contribution in [0, 0.1) is 13.8 Å². The molecule has 2 aromatic rings. The first-order chi connectivity index (χ1) is 11.1. The summed E-state index contributed by atoms with van der Waals surface area (Å²) < 4.78 is 34.5. The van der Waals surface area contributed by atoms with Crippen LogP contribution < -0.4 is 4.74 Å². The molecule has 0 aliphatic rings. The molecule has 0 fully saturated rings. The number of pyridine rings is 1. The van der Waals surface area contributed by atoms with Crippen molar-refractivity contribution in [3.8, 4) is 11.6 Å². The average Bonchev–Trinajstić information content (AvgIpc) is 2.53. The standard InChI is InChI=1S/C16H16BrNO5S/c1-9-7-12(24(4,20)21)14(17)10(2)15(9)23-13-6-5-11(8-18-13)16(19)22-3/h5-8H,1-4H3. The zero-order valence-corrected chi connectivity index (χ0v) is 16.0. The van der Waals surface area contributed by atoms with Crippen molar-refractivity contribution in [3.05, 3.63) is 45.6 Å². The second-order valence-corrected chi connectivity index (χ2v) is 7.99. The quantitative estimate of drug-likeness (QED) is 0.713. The maximum Gasteiger partial charge on any atom is 0.339 e. The van der Waals surface area contributed by atoms with Crippen LogP contribution in [0.1, 0.15) is 21.5 Å². The van der Waals surface area contributed by atoms with Gasteiger partial charge >= 0.3 is 5.97 Å². The predicted molar refractivity (Wildman–Crippen MR) is 92.4 cm³/mol. The number of carbonyl (C=O) groups excluding carboxylic acids is 1. The summed E-state index contributed by atoms with van der Waals surface area (Å²) in [5.74, 6) is 0.308. The number of ether oxygens (including phenoxy) is 2. The number of rotatable bonds is 4. The van der Waals surface area contributed by atoms with E-state index in [0.29, 0.717) is 26.9 Å². The number of methoxy groups -OCH3 is 1. The summed E-state index contributed by atoms with van der Waals surface area (Å²) in [5, 5.41) is 0. The van der Waals surface area contributed by atoms with Gasteiger partial charge in [-0.1, -0.05) is 0 Å². The van der Waals surface area contributed by atoms with Crippen LogP contribution in [0.4, 0.5) is 0 Å². The van der Waals surface area contributed by atoms with Gasteiger partial charge in [0.05, 0.1) is 17.6 Å². The number of carbonyl (C=O) groups is 1. The van der Waals surface area contributed by atoms with E-state index < -0.39 is 15.8 Å². The molecule has 2 rings (SSSR count). The van der Waals surface area contributed by atoms with Gasteiger partial charge < -0.3 is 9.47 Å². The number of sulfone groups is 1. The van der Waals surface area contributed by atoms with Gasteiger partial charge in [-0.25, -0.2) is 18.2 Å². The first kappa shape index (κ1) is 18.4. The number of hydrogen-bond acceptors (Lipinski definition) is 6. The Bertz CT molecular complexity index is 892. The van der Waals surface area contributed by atoms with Crippen molar-refractivity contribution in [1.82, 2.24) is 4.98 Å². The molecule has 0 spiro atoms. The molecule has 8 heteroatoms. The maximum atomic E-state index is 11.8. The van der Waals surface area contributed by atoms with Crippen molar-refractivity contribution < 1.29 is 22.7 Å². The van der Waals surface area contributed by atoms with Gasteiger partial charge in [0, 0.05) is 28.6 Å². The van der Waals surface area contributed by atoms with Crippen molar-refractivity contribution in [2.75, 3.05) is 13.4 Å². The molecule has 0 saturated carbocycles. The van der Waals surface area contributed by atoms with Gasteiger partial charge in [0.25, 0.3) is 0 Å². The summed E-state index contributed by atoms with van der Waals surface area (Å²) in [6, 6.07) is 4.63. The molecule has 0 atom stereocenters. The van der Waals surface area contributed by atoms with Crippen molar-refractivity contribution in [1.29, 1.82) is 0 Å². The van der Waals surface area contributed by atoms with Crippen LogP contribution in [-0.2, 0) is 14.6 Å². The summed E-state index contributed by atoms with van der Waals surface area (Å²) in [5.41, 5.74) is 1.62. The summed E-state index contributed by atoms with van der Waals surface area (Å²) in [6.07, 6.45) is 2.51. The SMILES string of the molecule is COC(=O)c1ccc(Oc2c(C)cc(S(C)(=O)=O)c(Br)c2C)nc1. The van der Waals surface area contributed by atoms with Crippen molar-refractivity contribution in [3.63, 3.8) is 0 Å². The Hall–Kier alpha value is -1.93. The minimum absolute atomic E-state index is 0.207. The molecule has 0 N–H and O–H groups in total. The van der Waals surface area contributed by atoms with Crippen LogP contribution >= 0.6 is 15.9 Å². The first-order valence-corrected chi connectivity index (χ1v) is 9.55. The summed E-state index contributed by atoms with van der Waals surface area (Å²) in [4.78, 5) is 15.7. The Labute approximate surface area is 148 Å². The van der Waals surface area contributed by atoms with Gasteiger partial charge in [-0.3, -0.25) is 0 Å². The van der Waals surface area contributed by atoms with Gasteiger partial charge in [-0.15, -0.1) is 0 Å². The highest BCUT2D eigenvalue weighted by Gasteiger charge is 2.19. The Morgan fingerprint density at radius 1 is 1.25 bits per heavy atom. The highest BCUT2D eigenvalue weighted by Crippen LogP contribution is 2.37.